The van der Waals surface area contributed by atoms with Crippen molar-refractivity contribution in [1.29, 1.82) is 0 Å². The fourth-order valence-electron chi connectivity index (χ4n) is 1.64. The highest BCUT2D eigenvalue weighted by Gasteiger charge is 2.09. The normalized spacial score (nSPS) is 10.1. The van der Waals surface area contributed by atoms with Crippen LogP contribution >= 0.6 is 15.9 Å². The van der Waals surface area contributed by atoms with Gasteiger partial charge in [-0.3, -0.25) is 0 Å². The minimum atomic E-state index is -1.14. The molecular weight excluding hydrogens is 340 g/mol. The third-order valence-corrected chi connectivity index (χ3v) is 3.47. The first-order valence-electron chi connectivity index (χ1n) is 6.13. The van der Waals surface area contributed by atoms with Gasteiger partial charge in [0, 0.05) is 11.0 Å². The van der Waals surface area contributed by atoms with Crippen molar-refractivity contribution in [2.75, 3.05) is 0 Å². The van der Waals surface area contributed by atoms with Crippen LogP contribution in [-0.4, -0.2) is 17.1 Å². The van der Waals surface area contributed by atoms with E-state index in [9.17, 15) is 9.59 Å². The topological polar surface area (TPSA) is 91.6 Å². The van der Waals surface area contributed by atoms with Gasteiger partial charge in [-0.05, 0) is 23.8 Å². The summed E-state index contributed by atoms with van der Waals surface area (Å²) >= 11 is 3.40. The van der Waals surface area contributed by atoms with E-state index in [4.69, 9.17) is 9.52 Å². The number of carbonyl (C=O) groups excluding carboxylic acids is 1. The van der Waals surface area contributed by atoms with Crippen LogP contribution in [0.4, 0.5) is 4.79 Å². The summed E-state index contributed by atoms with van der Waals surface area (Å²) in [6, 6.07) is 10.1. The molecule has 2 aromatic rings. The fraction of sp³-hybridized carbons (Fsp3) is 0.143. The predicted molar refractivity (Wildman–Crippen MR) is 78.9 cm³/mol. The quantitative estimate of drug-likeness (QED) is 0.771. The van der Waals surface area contributed by atoms with Crippen LogP contribution in [-0.2, 0) is 13.1 Å². The third kappa shape index (κ3) is 4.35. The number of carboxylic acids is 1. The molecule has 0 atom stereocenters. The Balaban J connectivity index is 1.79. The molecule has 0 aliphatic rings. The van der Waals surface area contributed by atoms with Gasteiger partial charge >= 0.3 is 12.0 Å². The zero-order valence-electron chi connectivity index (χ0n) is 10.9. The van der Waals surface area contributed by atoms with Gasteiger partial charge in [-0.1, -0.05) is 34.1 Å². The largest absolute Gasteiger partial charge is 0.475 e. The van der Waals surface area contributed by atoms with E-state index < -0.39 is 5.97 Å². The van der Waals surface area contributed by atoms with E-state index in [2.05, 4.69) is 26.6 Å². The molecule has 0 unspecified atom stereocenters. The molecule has 7 heteroatoms. The first kappa shape index (κ1) is 15.1. The number of urea groups is 1. The Morgan fingerprint density at radius 2 is 1.81 bits per heavy atom. The molecule has 0 saturated heterocycles. The summed E-state index contributed by atoms with van der Waals surface area (Å²) in [6.07, 6.45) is 0. The molecule has 2 rings (SSSR count). The summed E-state index contributed by atoms with van der Waals surface area (Å²) in [7, 11) is 0. The Morgan fingerprint density at radius 1 is 1.10 bits per heavy atom. The van der Waals surface area contributed by atoms with Gasteiger partial charge in [0.05, 0.1) is 6.54 Å². The lowest BCUT2D eigenvalue weighted by Gasteiger charge is -2.07. The van der Waals surface area contributed by atoms with Gasteiger partial charge in [0.1, 0.15) is 5.76 Å². The van der Waals surface area contributed by atoms with E-state index >= 15 is 0 Å². The second kappa shape index (κ2) is 6.94. The third-order valence-electron chi connectivity index (χ3n) is 2.69. The van der Waals surface area contributed by atoms with E-state index in [-0.39, 0.29) is 18.3 Å². The molecule has 0 fully saturated rings. The molecule has 3 N–H and O–H groups in total. The maximum Gasteiger partial charge on any atom is 0.371 e. The fourth-order valence-corrected chi connectivity index (χ4v) is 2.06. The van der Waals surface area contributed by atoms with Gasteiger partial charge < -0.3 is 20.2 Å². The number of carboxylic acid groups (broad SMARTS) is 1. The lowest BCUT2D eigenvalue weighted by atomic mass is 10.2. The van der Waals surface area contributed by atoms with E-state index in [1.165, 1.54) is 12.1 Å². The number of hydrogen-bond donors (Lipinski definition) is 3. The number of halogens is 1. The van der Waals surface area contributed by atoms with E-state index in [1.54, 1.807) is 0 Å². The van der Waals surface area contributed by atoms with Crippen molar-refractivity contribution in [2.45, 2.75) is 13.1 Å². The van der Waals surface area contributed by atoms with Crippen molar-refractivity contribution < 1.29 is 19.1 Å². The van der Waals surface area contributed by atoms with Crippen LogP contribution in [0.5, 0.6) is 0 Å². The van der Waals surface area contributed by atoms with Crippen molar-refractivity contribution in [1.82, 2.24) is 10.6 Å². The second-order valence-corrected chi connectivity index (χ2v) is 5.05. The van der Waals surface area contributed by atoms with Crippen LogP contribution < -0.4 is 10.6 Å². The number of benzene rings is 1. The van der Waals surface area contributed by atoms with Gasteiger partial charge in [0.15, 0.2) is 0 Å². The molecule has 0 spiro atoms. The molecule has 0 aliphatic carbocycles. The minimum absolute atomic E-state index is 0.120. The zero-order valence-corrected chi connectivity index (χ0v) is 12.5. The Bertz CT molecular complexity index is 654. The number of nitrogens with one attached hydrogen (secondary N) is 2. The molecule has 0 aliphatic heterocycles. The van der Waals surface area contributed by atoms with Gasteiger partial charge in [0.25, 0.3) is 0 Å². The summed E-state index contributed by atoms with van der Waals surface area (Å²) in [4.78, 5) is 22.3. The Labute approximate surface area is 129 Å². The molecule has 1 aromatic heterocycles. The van der Waals surface area contributed by atoms with E-state index in [1.807, 2.05) is 24.3 Å². The maximum absolute atomic E-state index is 11.6. The molecule has 110 valence electrons. The van der Waals surface area contributed by atoms with Gasteiger partial charge in [-0.2, -0.15) is 0 Å². The number of carbonyl (C=O) groups is 2. The van der Waals surface area contributed by atoms with Crippen molar-refractivity contribution >= 4 is 27.9 Å². The lowest BCUT2D eigenvalue weighted by Crippen LogP contribution is -2.34. The molecule has 0 bridgehead atoms. The Kier molecular flexibility index (Phi) is 4.99. The summed E-state index contributed by atoms with van der Waals surface area (Å²) in [5.74, 6) is -0.913. The molecule has 6 nitrogen and oxygen atoms in total. The molecular formula is C14H13BrN2O4. The van der Waals surface area contributed by atoms with Gasteiger partial charge in [-0.15, -0.1) is 0 Å². The van der Waals surface area contributed by atoms with Crippen LogP contribution in [0.3, 0.4) is 0 Å². The van der Waals surface area contributed by atoms with Crippen molar-refractivity contribution in [3.8, 4) is 0 Å². The summed E-state index contributed by atoms with van der Waals surface area (Å²) in [5.41, 5.74) is 0.957. The number of amides is 2. The number of furan rings is 1. The maximum atomic E-state index is 11.6. The van der Waals surface area contributed by atoms with Crippen LogP contribution in [0.15, 0.2) is 45.3 Å². The predicted octanol–water partition coefficient (Wildman–Crippen LogP) is 2.74. The lowest BCUT2D eigenvalue weighted by molar-refractivity contribution is 0.0660. The van der Waals surface area contributed by atoms with Crippen LogP contribution in [0.25, 0.3) is 0 Å². The number of aromatic carboxylic acids is 1. The monoisotopic (exact) mass is 352 g/mol. The van der Waals surface area contributed by atoms with Gasteiger partial charge in [0.2, 0.25) is 5.76 Å². The smallest absolute Gasteiger partial charge is 0.371 e. The Morgan fingerprint density at radius 3 is 2.48 bits per heavy atom. The molecule has 1 aromatic carbocycles. The Hall–Kier alpha value is -2.28. The zero-order chi connectivity index (χ0) is 15.2. The number of rotatable bonds is 5. The standard InChI is InChI=1S/C14H13BrN2O4/c15-11-4-2-1-3-9(11)7-16-14(20)17-8-10-5-6-12(21-10)13(18)19/h1-6H,7-8H2,(H,18,19)(H2,16,17,20). The summed E-state index contributed by atoms with van der Waals surface area (Å²) in [5, 5.41) is 14.0. The first-order valence-corrected chi connectivity index (χ1v) is 6.92. The second-order valence-electron chi connectivity index (χ2n) is 4.20. The SMILES string of the molecule is O=C(NCc1ccc(C(=O)O)o1)NCc1ccccc1Br. The highest BCUT2D eigenvalue weighted by molar-refractivity contribution is 9.10. The van der Waals surface area contributed by atoms with Crippen molar-refractivity contribution in [3.05, 3.63) is 58.0 Å². The molecule has 21 heavy (non-hydrogen) atoms. The van der Waals surface area contributed by atoms with E-state index in [0.717, 1.165) is 10.0 Å². The molecule has 0 radical (unpaired) electrons. The van der Waals surface area contributed by atoms with Crippen LogP contribution in [0, 0.1) is 0 Å². The van der Waals surface area contributed by atoms with Crippen LogP contribution in [0.2, 0.25) is 0 Å². The van der Waals surface area contributed by atoms with Crippen molar-refractivity contribution in [3.63, 3.8) is 0 Å². The average molecular weight is 353 g/mol. The molecule has 2 amide bonds. The van der Waals surface area contributed by atoms with E-state index in [0.29, 0.717) is 12.3 Å². The summed E-state index contributed by atoms with van der Waals surface area (Å²) in [6.45, 7) is 0.501. The number of hydrogen-bond acceptors (Lipinski definition) is 3. The van der Waals surface area contributed by atoms with Gasteiger partial charge in [-0.25, -0.2) is 9.59 Å². The summed E-state index contributed by atoms with van der Waals surface area (Å²) < 4.78 is 5.95. The highest BCUT2D eigenvalue weighted by Crippen LogP contribution is 2.15. The minimum Gasteiger partial charge on any atom is -0.475 e. The van der Waals surface area contributed by atoms with Crippen molar-refractivity contribution in [2.24, 2.45) is 0 Å². The highest BCUT2D eigenvalue weighted by atomic mass is 79.9. The first-order chi connectivity index (χ1) is 10.1. The molecule has 0 saturated carbocycles. The van der Waals surface area contributed by atoms with Crippen LogP contribution in [0.1, 0.15) is 21.9 Å². The molecule has 1 heterocycles. The average Bonchev–Trinajstić information content (AvgIpc) is 2.93.